The van der Waals surface area contributed by atoms with Gasteiger partial charge in [-0.25, -0.2) is 4.68 Å². The zero-order valence-corrected chi connectivity index (χ0v) is 10.9. The first kappa shape index (κ1) is 11.9. The molecule has 0 saturated carbocycles. The molecule has 0 amide bonds. The lowest BCUT2D eigenvalue weighted by molar-refractivity contribution is 0.816. The first-order valence-corrected chi connectivity index (χ1v) is 5.87. The summed E-state index contributed by atoms with van der Waals surface area (Å²) in [4.78, 5) is 0. The fourth-order valence-electron chi connectivity index (χ4n) is 2.04. The van der Waals surface area contributed by atoms with Crippen molar-refractivity contribution >= 4 is 0 Å². The largest absolute Gasteiger partial charge is 0.326 e. The second-order valence-electron chi connectivity index (χ2n) is 4.54. The van der Waals surface area contributed by atoms with Gasteiger partial charge in [0.15, 0.2) is 0 Å². The van der Waals surface area contributed by atoms with E-state index >= 15 is 0 Å². The van der Waals surface area contributed by atoms with Crippen LogP contribution >= 0.6 is 0 Å². The van der Waals surface area contributed by atoms with Crippen molar-refractivity contribution < 1.29 is 0 Å². The second kappa shape index (κ2) is 4.34. The van der Waals surface area contributed by atoms with Crippen LogP contribution in [-0.4, -0.2) is 9.78 Å². The van der Waals surface area contributed by atoms with E-state index in [0.29, 0.717) is 6.54 Å². The number of aromatic nitrogens is 2. The number of aryl methyl sites for hydroxylation is 2. The third-order valence-corrected chi connectivity index (χ3v) is 3.34. The molecule has 0 fully saturated rings. The summed E-state index contributed by atoms with van der Waals surface area (Å²) in [6.45, 7) is 8.85. The van der Waals surface area contributed by atoms with Gasteiger partial charge in [-0.15, -0.1) is 0 Å². The molecule has 1 aromatic carbocycles. The summed E-state index contributed by atoms with van der Waals surface area (Å²) in [6.07, 6.45) is 0. The lowest BCUT2D eigenvalue weighted by Crippen LogP contribution is -2.07. The average Bonchev–Trinajstić information content (AvgIpc) is 2.57. The van der Waals surface area contributed by atoms with Crippen LogP contribution in [0, 0.1) is 27.7 Å². The molecule has 0 spiro atoms. The van der Waals surface area contributed by atoms with Crippen LogP contribution in [0.5, 0.6) is 0 Å². The number of benzene rings is 1. The molecule has 3 heteroatoms. The molecular weight excluding hydrogens is 210 g/mol. The minimum absolute atomic E-state index is 0.536. The maximum absolute atomic E-state index is 5.81. The average molecular weight is 229 g/mol. The van der Waals surface area contributed by atoms with Gasteiger partial charge >= 0.3 is 0 Å². The Morgan fingerprint density at radius 1 is 1.18 bits per heavy atom. The molecule has 3 nitrogen and oxygen atoms in total. The van der Waals surface area contributed by atoms with Gasteiger partial charge in [0, 0.05) is 12.2 Å². The molecule has 0 atom stereocenters. The second-order valence-corrected chi connectivity index (χ2v) is 4.54. The van der Waals surface area contributed by atoms with Crippen molar-refractivity contribution in [1.82, 2.24) is 9.78 Å². The van der Waals surface area contributed by atoms with E-state index in [1.807, 2.05) is 11.6 Å². The summed E-state index contributed by atoms with van der Waals surface area (Å²) in [5.41, 5.74) is 12.8. The quantitative estimate of drug-likeness (QED) is 0.860. The van der Waals surface area contributed by atoms with E-state index in [4.69, 9.17) is 5.73 Å². The van der Waals surface area contributed by atoms with Crippen LogP contribution in [0.3, 0.4) is 0 Å². The zero-order chi connectivity index (χ0) is 12.6. The number of hydrogen-bond acceptors (Lipinski definition) is 2. The Balaban J connectivity index is 2.64. The molecule has 90 valence electrons. The van der Waals surface area contributed by atoms with E-state index in [2.05, 4.69) is 44.1 Å². The Labute approximate surface area is 102 Å². The SMILES string of the molecule is Cc1ccc(-n2nc(C)c(C)c2C)c(CN)c1. The Morgan fingerprint density at radius 2 is 1.88 bits per heavy atom. The van der Waals surface area contributed by atoms with Gasteiger partial charge in [-0.1, -0.05) is 17.7 Å². The standard InChI is InChI=1S/C14H19N3/c1-9-5-6-14(13(7-9)8-15)17-12(4)10(2)11(3)16-17/h5-7H,8,15H2,1-4H3. The lowest BCUT2D eigenvalue weighted by atomic mass is 10.1. The summed E-state index contributed by atoms with van der Waals surface area (Å²) in [7, 11) is 0. The summed E-state index contributed by atoms with van der Waals surface area (Å²) < 4.78 is 1.99. The number of hydrogen-bond donors (Lipinski definition) is 1. The molecule has 2 N–H and O–H groups in total. The third kappa shape index (κ3) is 1.98. The normalized spacial score (nSPS) is 10.9. The molecule has 1 heterocycles. The molecule has 0 saturated heterocycles. The highest BCUT2D eigenvalue weighted by molar-refractivity contribution is 5.45. The first-order chi connectivity index (χ1) is 8.04. The highest BCUT2D eigenvalue weighted by atomic mass is 15.3. The van der Waals surface area contributed by atoms with Crippen LogP contribution < -0.4 is 5.73 Å². The monoisotopic (exact) mass is 229 g/mol. The number of rotatable bonds is 2. The van der Waals surface area contributed by atoms with Crippen molar-refractivity contribution in [1.29, 1.82) is 0 Å². The van der Waals surface area contributed by atoms with E-state index in [-0.39, 0.29) is 0 Å². The van der Waals surface area contributed by atoms with Crippen molar-refractivity contribution in [2.45, 2.75) is 34.2 Å². The predicted octanol–water partition coefficient (Wildman–Crippen LogP) is 2.56. The van der Waals surface area contributed by atoms with Crippen LogP contribution in [0.2, 0.25) is 0 Å². The van der Waals surface area contributed by atoms with Gasteiger partial charge in [-0.2, -0.15) is 5.10 Å². The van der Waals surface area contributed by atoms with Crippen molar-refractivity contribution in [2.24, 2.45) is 5.73 Å². The fourth-order valence-corrected chi connectivity index (χ4v) is 2.04. The molecule has 0 aliphatic carbocycles. The van der Waals surface area contributed by atoms with Gasteiger partial charge in [0.25, 0.3) is 0 Å². The molecule has 0 aliphatic rings. The van der Waals surface area contributed by atoms with Gasteiger partial charge < -0.3 is 5.73 Å². The molecule has 0 unspecified atom stereocenters. The molecule has 17 heavy (non-hydrogen) atoms. The Morgan fingerprint density at radius 3 is 2.41 bits per heavy atom. The summed E-state index contributed by atoms with van der Waals surface area (Å²) >= 11 is 0. The molecular formula is C14H19N3. The van der Waals surface area contributed by atoms with Gasteiger partial charge in [-0.05, 0) is 44.9 Å². The molecule has 1 aromatic heterocycles. The Kier molecular flexibility index (Phi) is 3.03. The van der Waals surface area contributed by atoms with E-state index < -0.39 is 0 Å². The molecule has 2 rings (SSSR count). The maximum atomic E-state index is 5.81. The minimum atomic E-state index is 0.536. The highest BCUT2D eigenvalue weighted by Gasteiger charge is 2.11. The van der Waals surface area contributed by atoms with Gasteiger partial charge in [0.1, 0.15) is 0 Å². The van der Waals surface area contributed by atoms with Crippen LogP contribution in [-0.2, 0) is 6.54 Å². The van der Waals surface area contributed by atoms with Gasteiger partial charge in [0.2, 0.25) is 0 Å². The summed E-state index contributed by atoms with van der Waals surface area (Å²) in [5.74, 6) is 0. The minimum Gasteiger partial charge on any atom is -0.326 e. The van der Waals surface area contributed by atoms with Gasteiger partial charge in [-0.3, -0.25) is 0 Å². The zero-order valence-electron chi connectivity index (χ0n) is 10.9. The number of nitrogens with zero attached hydrogens (tertiary/aromatic N) is 2. The third-order valence-electron chi connectivity index (χ3n) is 3.34. The van der Waals surface area contributed by atoms with Crippen LogP contribution in [0.15, 0.2) is 18.2 Å². The van der Waals surface area contributed by atoms with E-state index in [9.17, 15) is 0 Å². The van der Waals surface area contributed by atoms with Crippen LogP contribution in [0.1, 0.15) is 28.1 Å². The highest BCUT2D eigenvalue weighted by Crippen LogP contribution is 2.20. The Hall–Kier alpha value is -1.61. The smallest absolute Gasteiger partial charge is 0.0693 e. The first-order valence-electron chi connectivity index (χ1n) is 5.87. The maximum Gasteiger partial charge on any atom is 0.0693 e. The van der Waals surface area contributed by atoms with Crippen molar-refractivity contribution in [3.05, 3.63) is 46.3 Å². The summed E-state index contributed by atoms with van der Waals surface area (Å²) in [5, 5.41) is 4.58. The fraction of sp³-hybridized carbons (Fsp3) is 0.357. The van der Waals surface area contributed by atoms with Crippen LogP contribution in [0.4, 0.5) is 0 Å². The molecule has 0 aliphatic heterocycles. The van der Waals surface area contributed by atoms with E-state index in [1.165, 1.54) is 16.8 Å². The van der Waals surface area contributed by atoms with Gasteiger partial charge in [0.05, 0.1) is 11.4 Å². The molecule has 0 radical (unpaired) electrons. The van der Waals surface area contributed by atoms with E-state index in [1.54, 1.807) is 0 Å². The summed E-state index contributed by atoms with van der Waals surface area (Å²) in [6, 6.07) is 6.32. The van der Waals surface area contributed by atoms with Crippen molar-refractivity contribution in [2.75, 3.05) is 0 Å². The van der Waals surface area contributed by atoms with Crippen LogP contribution in [0.25, 0.3) is 5.69 Å². The van der Waals surface area contributed by atoms with E-state index in [0.717, 1.165) is 16.9 Å². The predicted molar refractivity (Wildman–Crippen MR) is 70.4 cm³/mol. The lowest BCUT2D eigenvalue weighted by Gasteiger charge is -2.11. The molecule has 2 aromatic rings. The Bertz CT molecular complexity index is 553. The van der Waals surface area contributed by atoms with Crippen molar-refractivity contribution in [3.8, 4) is 5.69 Å². The number of nitrogens with two attached hydrogens (primary N) is 1. The molecule has 0 bridgehead atoms. The van der Waals surface area contributed by atoms with Crippen molar-refractivity contribution in [3.63, 3.8) is 0 Å². The topological polar surface area (TPSA) is 43.8 Å².